The minimum atomic E-state index is -1.84. The Kier molecular flexibility index (Phi) is 8.11. The fourth-order valence-corrected chi connectivity index (χ4v) is 7.48. The van der Waals surface area contributed by atoms with Crippen molar-refractivity contribution in [2.45, 2.75) is 51.0 Å². The van der Waals surface area contributed by atoms with E-state index in [4.69, 9.17) is 0 Å². The monoisotopic (exact) mass is 598 g/mol. The van der Waals surface area contributed by atoms with Gasteiger partial charge in [-0.2, -0.15) is 0 Å². The lowest BCUT2D eigenvalue weighted by Crippen LogP contribution is -2.73. The van der Waals surface area contributed by atoms with Crippen molar-refractivity contribution in [1.29, 1.82) is 0 Å². The summed E-state index contributed by atoms with van der Waals surface area (Å²) in [5.74, 6) is -4.13. The second-order valence-corrected chi connectivity index (χ2v) is 12.2. The number of aliphatic hydroxyl groups is 1. The third-order valence-electron chi connectivity index (χ3n) is 9.62. The third kappa shape index (κ3) is 4.91. The number of para-hydroxylation sites is 1. The largest absolute Gasteiger partial charge is 0.395 e. The smallest absolute Gasteiger partial charge is 0.325 e. The number of hydrogen-bond acceptors (Lipinski definition) is 6. The normalized spacial score (nSPS) is 26.4. The molecule has 3 N–H and O–H groups in total. The van der Waals surface area contributed by atoms with Crippen LogP contribution in [-0.4, -0.2) is 64.9 Å². The molecule has 2 aliphatic carbocycles. The van der Waals surface area contributed by atoms with E-state index in [2.05, 4.69) is 10.6 Å². The van der Waals surface area contributed by atoms with Gasteiger partial charge in [0, 0.05) is 31.0 Å². The quantitative estimate of drug-likeness (QED) is 0.380. The van der Waals surface area contributed by atoms with Gasteiger partial charge in [0.05, 0.1) is 24.1 Å². The highest BCUT2D eigenvalue weighted by Crippen LogP contribution is 2.55. The highest BCUT2D eigenvalue weighted by atomic mass is 16.3. The van der Waals surface area contributed by atoms with Crippen molar-refractivity contribution in [3.05, 3.63) is 77.4 Å². The van der Waals surface area contributed by atoms with E-state index < -0.39 is 47.0 Å². The average molecular weight is 599 g/mol. The van der Waals surface area contributed by atoms with E-state index in [-0.39, 0.29) is 25.5 Å². The van der Waals surface area contributed by atoms with Gasteiger partial charge in [0.1, 0.15) is 5.54 Å². The van der Waals surface area contributed by atoms with Gasteiger partial charge in [-0.1, -0.05) is 61.0 Å². The van der Waals surface area contributed by atoms with Crippen molar-refractivity contribution in [3.63, 3.8) is 0 Å². The fraction of sp³-hybridized carbons (Fsp3) is 0.441. The first-order valence-corrected chi connectivity index (χ1v) is 15.5. The molecule has 4 aliphatic rings. The Morgan fingerprint density at radius 3 is 2.25 bits per heavy atom. The van der Waals surface area contributed by atoms with E-state index in [0.717, 1.165) is 17.7 Å². The number of rotatable bonds is 9. The molecule has 10 nitrogen and oxygen atoms in total. The summed E-state index contributed by atoms with van der Waals surface area (Å²) in [5, 5.41) is 15.2. The first-order chi connectivity index (χ1) is 21.3. The number of benzene rings is 2. The molecule has 2 heterocycles. The summed E-state index contributed by atoms with van der Waals surface area (Å²) >= 11 is 0. The lowest BCUT2D eigenvalue weighted by Gasteiger charge is -2.54. The summed E-state index contributed by atoms with van der Waals surface area (Å²) in [4.78, 5) is 73.9. The van der Waals surface area contributed by atoms with Gasteiger partial charge >= 0.3 is 6.03 Å². The van der Waals surface area contributed by atoms with E-state index in [1.165, 1.54) is 4.90 Å². The molecule has 2 aliphatic heterocycles. The van der Waals surface area contributed by atoms with Crippen LogP contribution in [0.5, 0.6) is 0 Å². The topological polar surface area (TPSA) is 136 Å². The minimum absolute atomic E-state index is 0.0379. The first-order valence-electron chi connectivity index (χ1n) is 15.5. The third-order valence-corrected chi connectivity index (χ3v) is 9.62. The average Bonchev–Trinajstić information content (AvgIpc) is 3.83. The van der Waals surface area contributed by atoms with Gasteiger partial charge < -0.3 is 15.7 Å². The van der Waals surface area contributed by atoms with Crippen LogP contribution in [0, 0.1) is 23.7 Å². The van der Waals surface area contributed by atoms with Crippen molar-refractivity contribution in [2.75, 3.05) is 24.6 Å². The summed E-state index contributed by atoms with van der Waals surface area (Å²) in [6, 6.07) is 17.1. The van der Waals surface area contributed by atoms with Crippen LogP contribution in [0.1, 0.15) is 44.6 Å². The standard InChI is InChI=1S/C34H38N4O6/c1-2-24-25-15-16-26-27(31(42)37(29(26)40)23-11-7-4-8-12-23)28(25)34(19-21-9-5-3-6-10-21,32(43)36-20-22-13-14-22)38(30(24)41)33(44)35-17-18-39/h3-12,22,26-28,39H,2,13-20H2,1H3,(H,35,44)(H,36,43)/t26-,27-,28+,34+/m1/s1. The molecule has 0 aromatic heterocycles. The van der Waals surface area contributed by atoms with E-state index in [1.54, 1.807) is 30.3 Å². The van der Waals surface area contributed by atoms with Gasteiger partial charge in [0.25, 0.3) is 5.91 Å². The predicted octanol–water partition coefficient (Wildman–Crippen LogP) is 2.96. The summed E-state index contributed by atoms with van der Waals surface area (Å²) in [5.41, 5.74) is 0.393. The van der Waals surface area contributed by atoms with Crippen LogP contribution < -0.4 is 15.5 Å². The van der Waals surface area contributed by atoms with E-state index >= 15 is 0 Å². The van der Waals surface area contributed by atoms with E-state index in [0.29, 0.717) is 54.1 Å². The Bertz CT molecular complexity index is 1500. The molecular formula is C34H38N4O6. The van der Waals surface area contributed by atoms with Gasteiger partial charge in [0.2, 0.25) is 17.7 Å². The Balaban J connectivity index is 1.58. The zero-order valence-corrected chi connectivity index (χ0v) is 24.8. The fourth-order valence-electron chi connectivity index (χ4n) is 7.48. The van der Waals surface area contributed by atoms with Crippen molar-refractivity contribution in [3.8, 4) is 0 Å². The molecule has 3 fully saturated rings. The number of carbonyl (C=O) groups is 5. The van der Waals surface area contributed by atoms with Crippen molar-refractivity contribution < 1.29 is 29.1 Å². The van der Waals surface area contributed by atoms with Gasteiger partial charge in [-0.25, -0.2) is 9.69 Å². The van der Waals surface area contributed by atoms with Gasteiger partial charge in [-0.3, -0.25) is 24.1 Å². The molecule has 0 bridgehead atoms. The van der Waals surface area contributed by atoms with Crippen LogP contribution in [0.15, 0.2) is 71.8 Å². The number of fused-ring (bicyclic) bond motifs is 3. The molecule has 44 heavy (non-hydrogen) atoms. The van der Waals surface area contributed by atoms with Gasteiger partial charge in [-0.05, 0) is 55.7 Å². The summed E-state index contributed by atoms with van der Waals surface area (Å²) in [6.45, 7) is 1.73. The number of nitrogens with one attached hydrogen (secondary N) is 2. The van der Waals surface area contributed by atoms with Crippen molar-refractivity contribution >= 4 is 35.3 Å². The van der Waals surface area contributed by atoms with Crippen LogP contribution in [0.4, 0.5) is 10.5 Å². The maximum absolute atomic E-state index is 14.8. The Morgan fingerprint density at radius 2 is 1.61 bits per heavy atom. The molecule has 0 unspecified atom stereocenters. The lowest BCUT2D eigenvalue weighted by atomic mass is 9.57. The van der Waals surface area contributed by atoms with Crippen LogP contribution in [0.3, 0.4) is 0 Å². The number of amides is 6. The van der Waals surface area contributed by atoms with Crippen LogP contribution in [0.25, 0.3) is 0 Å². The number of aliphatic hydroxyl groups excluding tert-OH is 1. The van der Waals surface area contributed by atoms with Crippen molar-refractivity contribution in [2.24, 2.45) is 23.7 Å². The molecule has 6 rings (SSSR count). The predicted molar refractivity (Wildman–Crippen MR) is 162 cm³/mol. The molecule has 230 valence electrons. The Labute approximate surface area is 256 Å². The Hall–Kier alpha value is -4.31. The molecule has 10 heteroatoms. The molecule has 2 saturated carbocycles. The van der Waals surface area contributed by atoms with E-state index in [1.807, 2.05) is 37.3 Å². The van der Waals surface area contributed by atoms with Gasteiger partial charge in [0.15, 0.2) is 0 Å². The molecule has 0 spiro atoms. The number of hydrogen-bond donors (Lipinski definition) is 3. The Morgan fingerprint density at radius 1 is 0.932 bits per heavy atom. The minimum Gasteiger partial charge on any atom is -0.395 e. The first kappa shape index (κ1) is 29.7. The number of imide groups is 2. The summed E-state index contributed by atoms with van der Waals surface area (Å²) < 4.78 is 0. The molecule has 2 aromatic rings. The molecule has 4 atom stereocenters. The van der Waals surface area contributed by atoms with Crippen LogP contribution >= 0.6 is 0 Å². The van der Waals surface area contributed by atoms with E-state index in [9.17, 15) is 29.1 Å². The lowest BCUT2D eigenvalue weighted by molar-refractivity contribution is -0.151. The van der Waals surface area contributed by atoms with Crippen molar-refractivity contribution in [1.82, 2.24) is 15.5 Å². The summed E-state index contributed by atoms with van der Waals surface area (Å²) in [7, 11) is 0. The zero-order chi connectivity index (χ0) is 31.0. The maximum Gasteiger partial charge on any atom is 0.325 e. The highest BCUT2D eigenvalue weighted by molar-refractivity contribution is 6.23. The maximum atomic E-state index is 14.8. The van der Waals surface area contributed by atoms with Crippen LogP contribution in [0.2, 0.25) is 0 Å². The number of urea groups is 1. The molecule has 1 saturated heterocycles. The number of anilines is 1. The second kappa shape index (κ2) is 12.0. The SMILES string of the molecule is CCC1=C2CC[C@H]3C(=O)N(c4ccccc4)C(=O)[C@H]3[C@H]2[C@@](Cc2ccccc2)(C(=O)NCC2CC2)N(C(=O)NCCO)C1=O. The van der Waals surface area contributed by atoms with Crippen LogP contribution in [-0.2, 0) is 25.6 Å². The zero-order valence-electron chi connectivity index (χ0n) is 24.8. The molecule has 0 radical (unpaired) electrons. The second-order valence-electron chi connectivity index (χ2n) is 12.2. The highest BCUT2D eigenvalue weighted by Gasteiger charge is 2.67. The molecule has 2 aromatic carbocycles. The molecule has 6 amide bonds. The van der Waals surface area contributed by atoms with Gasteiger partial charge in [-0.15, -0.1) is 0 Å². The number of carbonyl (C=O) groups excluding carboxylic acids is 5. The number of nitrogens with zero attached hydrogens (tertiary/aromatic N) is 2. The molecular weight excluding hydrogens is 560 g/mol. The summed E-state index contributed by atoms with van der Waals surface area (Å²) in [6.07, 6.45) is 2.93.